The molecule has 1 saturated carbocycles. The lowest BCUT2D eigenvalue weighted by atomic mass is 9.91. The van der Waals surface area contributed by atoms with Gasteiger partial charge in [-0.1, -0.05) is 0 Å². The van der Waals surface area contributed by atoms with E-state index in [1.807, 2.05) is 7.05 Å². The molecule has 0 aromatic carbocycles. The molecule has 5 heteroatoms. The molecule has 1 amide bonds. The van der Waals surface area contributed by atoms with Crippen LogP contribution < -0.4 is 10.6 Å². The van der Waals surface area contributed by atoms with Crippen LogP contribution in [-0.4, -0.2) is 51.0 Å². The lowest BCUT2D eigenvalue weighted by Crippen LogP contribution is -2.48. The minimum atomic E-state index is -0.411. The van der Waals surface area contributed by atoms with E-state index in [4.69, 9.17) is 9.47 Å². The summed E-state index contributed by atoms with van der Waals surface area (Å²) in [5, 5.41) is 6.35. The molecule has 1 saturated heterocycles. The minimum Gasteiger partial charge on any atom is -0.376 e. The highest BCUT2D eigenvalue weighted by Gasteiger charge is 2.27. The summed E-state index contributed by atoms with van der Waals surface area (Å²) in [4.78, 5) is 11.9. The predicted octanol–water partition coefficient (Wildman–Crippen LogP) is 0.0486. The van der Waals surface area contributed by atoms with Crippen molar-refractivity contribution in [2.24, 2.45) is 0 Å². The zero-order valence-electron chi connectivity index (χ0n) is 10.4. The molecule has 2 rings (SSSR count). The summed E-state index contributed by atoms with van der Waals surface area (Å²) in [6.07, 6.45) is 3.94. The van der Waals surface area contributed by atoms with Gasteiger partial charge in [-0.05, 0) is 32.7 Å². The molecule has 1 unspecified atom stereocenters. The summed E-state index contributed by atoms with van der Waals surface area (Å²) in [5.41, 5.74) is 0. The Bertz CT molecular complexity index is 246. The normalized spacial score (nSPS) is 34.3. The van der Waals surface area contributed by atoms with E-state index in [-0.39, 0.29) is 5.91 Å². The fraction of sp³-hybridized carbons (Fsp3) is 0.917. The van der Waals surface area contributed by atoms with Crippen molar-refractivity contribution < 1.29 is 14.3 Å². The van der Waals surface area contributed by atoms with Crippen LogP contribution in [0.15, 0.2) is 0 Å². The van der Waals surface area contributed by atoms with E-state index in [2.05, 4.69) is 10.6 Å². The monoisotopic (exact) mass is 242 g/mol. The van der Waals surface area contributed by atoms with Crippen LogP contribution in [0.1, 0.15) is 25.7 Å². The van der Waals surface area contributed by atoms with Crippen LogP contribution in [0.4, 0.5) is 0 Å². The molecule has 0 aromatic rings. The zero-order chi connectivity index (χ0) is 12.1. The second-order valence-electron chi connectivity index (χ2n) is 4.78. The molecular formula is C12H22N2O3. The van der Waals surface area contributed by atoms with Gasteiger partial charge in [0.1, 0.15) is 0 Å². The van der Waals surface area contributed by atoms with Crippen molar-refractivity contribution >= 4 is 5.91 Å². The smallest absolute Gasteiger partial charge is 0.251 e. The summed E-state index contributed by atoms with van der Waals surface area (Å²) in [6.45, 7) is 1.50. The number of ether oxygens (including phenoxy) is 2. The van der Waals surface area contributed by atoms with E-state index in [0.29, 0.717) is 31.9 Å². The van der Waals surface area contributed by atoms with Gasteiger partial charge in [0.05, 0.1) is 19.8 Å². The average Bonchev–Trinajstić information content (AvgIpc) is 2.40. The summed E-state index contributed by atoms with van der Waals surface area (Å²) in [6, 6.07) is 0.912. The third-order valence-corrected chi connectivity index (χ3v) is 3.59. The molecule has 1 aliphatic carbocycles. The lowest BCUT2D eigenvalue weighted by molar-refractivity contribution is -0.148. The maximum absolute atomic E-state index is 11.9. The predicted molar refractivity (Wildman–Crippen MR) is 63.8 cm³/mol. The Morgan fingerprint density at radius 1 is 1.12 bits per heavy atom. The van der Waals surface area contributed by atoms with Crippen LogP contribution in [0, 0.1) is 0 Å². The minimum absolute atomic E-state index is 0.0161. The molecule has 0 aromatic heterocycles. The van der Waals surface area contributed by atoms with Crippen LogP contribution >= 0.6 is 0 Å². The van der Waals surface area contributed by atoms with E-state index in [9.17, 15) is 4.79 Å². The largest absolute Gasteiger partial charge is 0.376 e. The maximum atomic E-state index is 11.9. The number of carbonyl (C=O) groups excluding carboxylic acids is 1. The lowest BCUT2D eigenvalue weighted by Gasteiger charge is -2.30. The van der Waals surface area contributed by atoms with Gasteiger partial charge in [0, 0.05) is 12.1 Å². The van der Waals surface area contributed by atoms with Crippen molar-refractivity contribution in [3.63, 3.8) is 0 Å². The molecule has 2 aliphatic rings. The highest BCUT2D eigenvalue weighted by molar-refractivity contribution is 5.81. The van der Waals surface area contributed by atoms with Crippen LogP contribution in [0.5, 0.6) is 0 Å². The highest BCUT2D eigenvalue weighted by atomic mass is 16.6. The Labute approximate surface area is 102 Å². The Kier molecular flexibility index (Phi) is 4.76. The van der Waals surface area contributed by atoms with Gasteiger partial charge in [0.25, 0.3) is 5.91 Å². The molecule has 2 fully saturated rings. The molecule has 17 heavy (non-hydrogen) atoms. The Morgan fingerprint density at radius 2 is 1.82 bits per heavy atom. The molecule has 0 spiro atoms. The van der Waals surface area contributed by atoms with Gasteiger partial charge in [-0.15, -0.1) is 0 Å². The van der Waals surface area contributed by atoms with Gasteiger partial charge >= 0.3 is 0 Å². The summed E-state index contributed by atoms with van der Waals surface area (Å²) < 4.78 is 10.6. The summed E-state index contributed by atoms with van der Waals surface area (Å²) in [7, 11) is 2.00. The van der Waals surface area contributed by atoms with Crippen LogP contribution in [0.2, 0.25) is 0 Å². The second kappa shape index (κ2) is 6.33. The van der Waals surface area contributed by atoms with E-state index in [0.717, 1.165) is 25.7 Å². The fourth-order valence-electron chi connectivity index (χ4n) is 2.46. The summed E-state index contributed by atoms with van der Waals surface area (Å²) in [5.74, 6) is -0.0161. The molecule has 1 atom stereocenters. The number of amides is 1. The van der Waals surface area contributed by atoms with Gasteiger partial charge in [0.2, 0.25) is 0 Å². The first-order valence-electron chi connectivity index (χ1n) is 6.46. The molecule has 98 valence electrons. The van der Waals surface area contributed by atoms with Crippen LogP contribution in [0.25, 0.3) is 0 Å². The summed E-state index contributed by atoms with van der Waals surface area (Å²) >= 11 is 0. The molecule has 1 heterocycles. The maximum Gasteiger partial charge on any atom is 0.251 e. The Hall–Kier alpha value is -0.650. The standard InChI is InChI=1S/C12H22N2O3/c1-13-9-2-4-10(5-3-9)14-12(15)11-8-16-6-7-17-11/h9-11,13H,2-8H2,1H3,(H,14,15). The van der Waals surface area contributed by atoms with Crippen molar-refractivity contribution in [1.29, 1.82) is 0 Å². The van der Waals surface area contributed by atoms with Gasteiger partial charge in [0.15, 0.2) is 6.10 Å². The third kappa shape index (κ3) is 3.66. The van der Waals surface area contributed by atoms with Crippen molar-refractivity contribution in [2.45, 2.75) is 43.9 Å². The van der Waals surface area contributed by atoms with E-state index in [1.54, 1.807) is 0 Å². The number of carbonyl (C=O) groups is 1. The SMILES string of the molecule is CNC1CCC(NC(=O)C2COCCO2)CC1. The number of hydrogen-bond acceptors (Lipinski definition) is 4. The topological polar surface area (TPSA) is 59.6 Å². The number of hydrogen-bond donors (Lipinski definition) is 2. The fourth-order valence-corrected chi connectivity index (χ4v) is 2.46. The van der Waals surface area contributed by atoms with Crippen LogP contribution in [-0.2, 0) is 14.3 Å². The number of nitrogens with one attached hydrogen (secondary N) is 2. The van der Waals surface area contributed by atoms with Gasteiger partial charge in [-0.3, -0.25) is 4.79 Å². The first-order valence-corrected chi connectivity index (χ1v) is 6.46. The molecule has 2 N–H and O–H groups in total. The molecular weight excluding hydrogens is 220 g/mol. The van der Waals surface area contributed by atoms with Crippen LogP contribution in [0.3, 0.4) is 0 Å². The molecule has 0 bridgehead atoms. The average molecular weight is 242 g/mol. The Morgan fingerprint density at radius 3 is 2.41 bits per heavy atom. The van der Waals surface area contributed by atoms with Crippen molar-refractivity contribution in [3.8, 4) is 0 Å². The van der Waals surface area contributed by atoms with E-state index >= 15 is 0 Å². The quantitative estimate of drug-likeness (QED) is 0.734. The van der Waals surface area contributed by atoms with Gasteiger partial charge in [-0.25, -0.2) is 0 Å². The Balaban J connectivity index is 1.71. The van der Waals surface area contributed by atoms with Gasteiger partial charge < -0.3 is 20.1 Å². The van der Waals surface area contributed by atoms with Crippen molar-refractivity contribution in [1.82, 2.24) is 10.6 Å². The third-order valence-electron chi connectivity index (χ3n) is 3.59. The molecule has 5 nitrogen and oxygen atoms in total. The van der Waals surface area contributed by atoms with E-state index < -0.39 is 6.10 Å². The molecule has 1 aliphatic heterocycles. The second-order valence-corrected chi connectivity index (χ2v) is 4.78. The first kappa shape index (κ1) is 12.8. The first-order chi connectivity index (χ1) is 8.29. The van der Waals surface area contributed by atoms with Gasteiger partial charge in [-0.2, -0.15) is 0 Å². The zero-order valence-corrected chi connectivity index (χ0v) is 10.4. The van der Waals surface area contributed by atoms with Crippen molar-refractivity contribution in [2.75, 3.05) is 26.9 Å². The molecule has 0 radical (unpaired) electrons. The van der Waals surface area contributed by atoms with Crippen molar-refractivity contribution in [3.05, 3.63) is 0 Å². The highest BCUT2D eigenvalue weighted by Crippen LogP contribution is 2.18. The van der Waals surface area contributed by atoms with E-state index in [1.165, 1.54) is 0 Å². The number of rotatable bonds is 3.